The Hall–Kier alpha value is -2.03. The molecule has 0 fully saturated rings. The summed E-state index contributed by atoms with van der Waals surface area (Å²) in [6.07, 6.45) is 79.8. The van der Waals surface area contributed by atoms with Crippen molar-refractivity contribution in [3.63, 3.8) is 0 Å². The van der Waals surface area contributed by atoms with Crippen LogP contribution in [0.4, 0.5) is 0 Å². The molecule has 0 rings (SSSR count). The maximum atomic E-state index is 13.6. The van der Waals surface area contributed by atoms with Crippen molar-refractivity contribution in [2.75, 3.05) is 40.9 Å². The van der Waals surface area contributed by atoms with Gasteiger partial charge >= 0.3 is 13.8 Å². The van der Waals surface area contributed by atoms with Crippen LogP contribution in [-0.4, -0.2) is 74.3 Å². The molecule has 488 valence electrons. The van der Waals surface area contributed by atoms with E-state index in [0.717, 1.165) is 77.0 Å². The number of phosphoric ester groups is 1. The van der Waals surface area contributed by atoms with E-state index in [1.165, 1.54) is 244 Å². The number of carbonyl (C=O) groups is 2. The van der Waals surface area contributed by atoms with Crippen LogP contribution in [0.2, 0.25) is 0 Å². The number of hydrogen-bond donors (Lipinski definition) is 2. The van der Waals surface area contributed by atoms with Crippen molar-refractivity contribution < 1.29 is 37.3 Å². The number of quaternary nitrogens is 1. The lowest BCUT2D eigenvalue weighted by Gasteiger charge is -2.27. The third-order valence-electron chi connectivity index (χ3n) is 16.2. The van der Waals surface area contributed by atoms with Crippen molar-refractivity contribution in [3.05, 3.63) is 48.6 Å². The Kier molecular flexibility index (Phi) is 61.5. The van der Waals surface area contributed by atoms with E-state index in [0.29, 0.717) is 17.4 Å². The van der Waals surface area contributed by atoms with Crippen LogP contribution in [-0.2, 0) is 27.9 Å². The number of phosphoric acid groups is 1. The highest BCUT2D eigenvalue weighted by molar-refractivity contribution is 7.47. The maximum absolute atomic E-state index is 13.6. The van der Waals surface area contributed by atoms with Gasteiger partial charge in [0.05, 0.1) is 33.8 Å². The second kappa shape index (κ2) is 63.0. The summed E-state index contributed by atoms with van der Waals surface area (Å²) in [4.78, 5) is 37.9. The predicted molar refractivity (Wildman–Crippen MR) is 360 cm³/mol. The molecule has 10 heteroatoms. The van der Waals surface area contributed by atoms with Gasteiger partial charge in [0.25, 0.3) is 0 Å². The van der Waals surface area contributed by atoms with Crippen molar-refractivity contribution in [3.8, 4) is 0 Å². The lowest BCUT2D eigenvalue weighted by atomic mass is 10.0. The lowest BCUT2D eigenvalue weighted by molar-refractivity contribution is -0.870. The number of hydrogen-bond acceptors (Lipinski definition) is 6. The van der Waals surface area contributed by atoms with Crippen LogP contribution in [0, 0.1) is 0 Å². The molecule has 0 saturated heterocycles. The van der Waals surface area contributed by atoms with Crippen LogP contribution in [0.1, 0.15) is 355 Å². The Balaban J connectivity index is 5.02. The molecule has 0 aliphatic heterocycles. The third-order valence-corrected chi connectivity index (χ3v) is 17.2. The minimum absolute atomic E-state index is 0.0404. The number of carbonyl (C=O) groups excluding carboxylic acids is 2. The van der Waals surface area contributed by atoms with Crippen molar-refractivity contribution >= 4 is 19.7 Å². The van der Waals surface area contributed by atoms with Crippen molar-refractivity contribution in [2.45, 2.75) is 367 Å². The number of nitrogens with zero attached hydrogens (tertiary/aromatic N) is 1. The third kappa shape index (κ3) is 64.3. The van der Waals surface area contributed by atoms with Crippen molar-refractivity contribution in [1.29, 1.82) is 0 Å². The number of esters is 1. The van der Waals surface area contributed by atoms with Gasteiger partial charge in [-0.1, -0.05) is 301 Å². The molecule has 0 aliphatic carbocycles. The van der Waals surface area contributed by atoms with E-state index in [4.69, 9.17) is 13.8 Å². The first-order valence-electron chi connectivity index (χ1n) is 36.0. The standard InChI is InChI=1S/C73H139N2O7P/c1-7-10-13-16-19-22-25-28-30-32-33-34-35-36-37-38-39-40-41-43-44-47-50-53-56-59-62-65-72(76)74-70(69-81-83(78,79)80-68-67-75(4,5)6)71(64-61-58-55-52-49-46-27-24-21-18-15-12-9-3)82-73(77)66-63-60-57-54-51-48-45-42-31-29-26-23-20-17-14-11-8-2/h20,23,28-31,61,64,70-71H,7-19,21-22,24-27,32-60,62-63,65-69H2,1-6H3,(H-,74,76,78,79)/p+1/b23-20-,30-28+,31-29-,64-61-. The molecule has 2 N–H and O–H groups in total. The molecule has 0 aliphatic rings. The monoisotopic (exact) mass is 1190 g/mol. The van der Waals surface area contributed by atoms with E-state index in [-0.39, 0.29) is 31.5 Å². The summed E-state index contributed by atoms with van der Waals surface area (Å²) in [5, 5.41) is 3.08. The van der Waals surface area contributed by atoms with Gasteiger partial charge in [-0.05, 0) is 89.5 Å². The Bertz CT molecular complexity index is 1560. The molecule has 83 heavy (non-hydrogen) atoms. The van der Waals surface area contributed by atoms with Gasteiger partial charge in [0.1, 0.15) is 19.3 Å². The van der Waals surface area contributed by atoms with E-state index in [1.807, 2.05) is 33.3 Å². The van der Waals surface area contributed by atoms with Crippen molar-refractivity contribution in [2.24, 2.45) is 0 Å². The summed E-state index contributed by atoms with van der Waals surface area (Å²) in [6.45, 7) is 7.03. The first kappa shape index (κ1) is 81.0. The molecule has 0 aromatic rings. The molecule has 1 amide bonds. The van der Waals surface area contributed by atoms with E-state index in [2.05, 4.69) is 62.5 Å². The molecular weight excluding hydrogens is 1050 g/mol. The van der Waals surface area contributed by atoms with Crippen LogP contribution in [0.25, 0.3) is 0 Å². The minimum atomic E-state index is -4.45. The van der Waals surface area contributed by atoms with Crippen molar-refractivity contribution in [1.82, 2.24) is 5.32 Å². The van der Waals surface area contributed by atoms with Gasteiger partial charge in [-0.15, -0.1) is 0 Å². The maximum Gasteiger partial charge on any atom is 0.472 e. The Labute approximate surface area is 516 Å². The van der Waals surface area contributed by atoms with E-state index in [1.54, 1.807) is 0 Å². The first-order chi connectivity index (χ1) is 40.4. The highest BCUT2D eigenvalue weighted by atomic mass is 31.2. The predicted octanol–water partition coefficient (Wildman–Crippen LogP) is 22.8. The molecule has 0 heterocycles. The Morgan fingerprint density at radius 3 is 1.12 bits per heavy atom. The van der Waals surface area contributed by atoms with Crippen LogP contribution in [0.5, 0.6) is 0 Å². The second-order valence-corrected chi connectivity index (χ2v) is 27.2. The minimum Gasteiger partial charge on any atom is -0.456 e. The Morgan fingerprint density at radius 1 is 0.422 bits per heavy atom. The number of allylic oxidation sites excluding steroid dienone is 7. The first-order valence-corrected chi connectivity index (χ1v) is 37.5. The van der Waals surface area contributed by atoms with E-state index < -0.39 is 20.0 Å². The number of rotatable bonds is 66. The zero-order valence-corrected chi connectivity index (χ0v) is 56.8. The van der Waals surface area contributed by atoms with E-state index >= 15 is 0 Å². The van der Waals surface area contributed by atoms with Crippen LogP contribution in [0.15, 0.2) is 48.6 Å². The summed E-state index contributed by atoms with van der Waals surface area (Å²) in [6, 6.07) is -0.851. The lowest BCUT2D eigenvalue weighted by Crippen LogP contribution is -2.47. The summed E-state index contributed by atoms with van der Waals surface area (Å²) in [7, 11) is 1.50. The fourth-order valence-electron chi connectivity index (χ4n) is 10.7. The molecule has 9 nitrogen and oxygen atoms in total. The smallest absolute Gasteiger partial charge is 0.456 e. The van der Waals surface area contributed by atoms with Gasteiger partial charge in [-0.2, -0.15) is 0 Å². The number of likely N-dealkylation sites (N-methyl/N-ethyl adjacent to an activating group) is 1. The summed E-state index contributed by atoms with van der Waals surface area (Å²) >= 11 is 0. The number of ether oxygens (including phenoxy) is 1. The van der Waals surface area contributed by atoms with Gasteiger partial charge in [0, 0.05) is 12.8 Å². The summed E-state index contributed by atoms with van der Waals surface area (Å²) in [5.74, 6) is -0.498. The fraction of sp³-hybridized carbons (Fsp3) is 0.863. The molecule has 0 saturated carbocycles. The highest BCUT2D eigenvalue weighted by Gasteiger charge is 2.30. The van der Waals surface area contributed by atoms with Gasteiger partial charge in [-0.25, -0.2) is 4.57 Å². The summed E-state index contributed by atoms with van der Waals surface area (Å²) < 4.78 is 30.8. The molecule has 0 spiro atoms. The molecular formula is C73H140N2O7P+. The largest absolute Gasteiger partial charge is 0.472 e. The van der Waals surface area contributed by atoms with Gasteiger partial charge in [0.2, 0.25) is 5.91 Å². The van der Waals surface area contributed by atoms with Gasteiger partial charge < -0.3 is 19.4 Å². The SMILES string of the molecule is CCCCC/C=C\C/C=C\CCCCCCCCCC(=O)OC(/C=C\CCCCCCCCCCCCC)C(COP(=O)(O)OCC[N+](C)(C)C)NC(=O)CCCCCCCCCCCCCCCCCCC/C=C/CCCCCCCC. The zero-order chi connectivity index (χ0) is 60.7. The quantitative estimate of drug-likeness (QED) is 0.0205. The zero-order valence-electron chi connectivity index (χ0n) is 56.0. The Morgan fingerprint density at radius 2 is 0.735 bits per heavy atom. The highest BCUT2D eigenvalue weighted by Crippen LogP contribution is 2.43. The van der Waals surface area contributed by atoms with Crippen LogP contribution in [0.3, 0.4) is 0 Å². The average Bonchev–Trinajstić information content (AvgIpc) is 3.47. The van der Waals surface area contributed by atoms with Crippen LogP contribution < -0.4 is 5.32 Å². The molecule has 3 atom stereocenters. The van der Waals surface area contributed by atoms with Crippen LogP contribution >= 0.6 is 7.82 Å². The molecule has 0 aromatic carbocycles. The number of unbranched alkanes of at least 4 members (excludes halogenated alkanes) is 44. The average molecular weight is 1190 g/mol. The molecule has 0 aromatic heterocycles. The van der Waals surface area contributed by atoms with Gasteiger partial charge in [0.15, 0.2) is 0 Å². The topological polar surface area (TPSA) is 111 Å². The van der Waals surface area contributed by atoms with E-state index in [9.17, 15) is 19.0 Å². The fourth-order valence-corrected chi connectivity index (χ4v) is 11.4. The molecule has 3 unspecified atom stereocenters. The number of nitrogens with one attached hydrogen (secondary N) is 1. The summed E-state index contributed by atoms with van der Waals surface area (Å²) in [5.41, 5.74) is 0. The normalized spacial score (nSPS) is 13.8. The number of amides is 1. The second-order valence-electron chi connectivity index (χ2n) is 25.8. The molecule has 0 radical (unpaired) electrons. The molecule has 0 bridgehead atoms. The van der Waals surface area contributed by atoms with Gasteiger partial charge in [-0.3, -0.25) is 18.6 Å².